The molecule has 1 heterocycles. The molecule has 0 saturated carbocycles. The molecule has 0 aromatic heterocycles. The molecule has 158 valence electrons. The molecule has 2 rings (SSSR count). The molecule has 0 aliphatic carbocycles. The number of nitrogens with zero attached hydrogens (tertiary/aromatic N) is 1. The van der Waals surface area contributed by atoms with Crippen LogP contribution in [0.4, 0.5) is 0 Å². The van der Waals surface area contributed by atoms with E-state index in [1.54, 1.807) is 0 Å². The normalized spacial score (nSPS) is 20.2. The molecule has 0 spiro atoms. The molecule has 1 aromatic carbocycles. The summed E-state index contributed by atoms with van der Waals surface area (Å²) in [4.78, 5) is 17.0. The zero-order valence-electron chi connectivity index (χ0n) is 17.5. The van der Waals surface area contributed by atoms with Crippen molar-refractivity contribution in [2.24, 2.45) is 4.99 Å². The summed E-state index contributed by atoms with van der Waals surface area (Å²) in [6, 6.07) is 7.82. The number of carbonyl (C=O) groups is 1. The lowest BCUT2D eigenvalue weighted by molar-refractivity contribution is 0.0242. The average Bonchev–Trinajstić information content (AvgIpc) is 3.11. The summed E-state index contributed by atoms with van der Waals surface area (Å²) in [5, 5.41) is 9.65. The van der Waals surface area contributed by atoms with Gasteiger partial charge in [-0.15, -0.1) is 24.0 Å². The Balaban J connectivity index is 0.00000392. The van der Waals surface area contributed by atoms with E-state index in [1.807, 2.05) is 38.1 Å². The Labute approximate surface area is 186 Å². The maximum absolute atomic E-state index is 12.3. The lowest BCUT2D eigenvalue weighted by Crippen LogP contribution is -2.45. The first-order chi connectivity index (χ1) is 13.0. The van der Waals surface area contributed by atoms with Crippen LogP contribution in [-0.4, -0.2) is 43.2 Å². The van der Waals surface area contributed by atoms with Crippen molar-refractivity contribution in [1.82, 2.24) is 16.0 Å². The monoisotopic (exact) mass is 502 g/mol. The molecule has 6 nitrogen and oxygen atoms in total. The number of hydrogen-bond donors (Lipinski definition) is 3. The van der Waals surface area contributed by atoms with E-state index in [9.17, 15) is 4.79 Å². The van der Waals surface area contributed by atoms with Gasteiger partial charge in [0.1, 0.15) is 0 Å². The maximum atomic E-state index is 12.3. The van der Waals surface area contributed by atoms with E-state index in [2.05, 4.69) is 34.8 Å². The van der Waals surface area contributed by atoms with Gasteiger partial charge in [-0.3, -0.25) is 4.79 Å². The highest BCUT2D eigenvalue weighted by atomic mass is 127. The Morgan fingerprint density at radius 3 is 2.75 bits per heavy atom. The van der Waals surface area contributed by atoms with E-state index in [-0.39, 0.29) is 41.5 Å². The van der Waals surface area contributed by atoms with Crippen molar-refractivity contribution in [1.29, 1.82) is 0 Å². The van der Waals surface area contributed by atoms with Crippen LogP contribution in [0.25, 0.3) is 0 Å². The molecule has 1 fully saturated rings. The quantitative estimate of drug-likeness (QED) is 0.289. The summed E-state index contributed by atoms with van der Waals surface area (Å²) in [5.74, 6) is 0.732. The van der Waals surface area contributed by atoms with E-state index in [1.165, 1.54) is 0 Å². The lowest BCUT2D eigenvalue weighted by Gasteiger charge is -2.24. The summed E-state index contributed by atoms with van der Waals surface area (Å²) in [6.07, 6.45) is 3.08. The SMILES string of the molecule is CCNC(=NCc1cccc(C(=O)NC(C)CC)c1)NCC1(C)CCCO1.I. The number of aliphatic imine (C=N–C) groups is 1. The topological polar surface area (TPSA) is 74.8 Å². The smallest absolute Gasteiger partial charge is 0.251 e. The predicted octanol–water partition coefficient (Wildman–Crippen LogP) is 3.46. The fourth-order valence-corrected chi connectivity index (χ4v) is 2.98. The number of rotatable bonds is 8. The Morgan fingerprint density at radius 1 is 1.32 bits per heavy atom. The second-order valence-electron chi connectivity index (χ2n) is 7.43. The van der Waals surface area contributed by atoms with Gasteiger partial charge in [0.05, 0.1) is 12.1 Å². The number of hydrogen-bond acceptors (Lipinski definition) is 3. The van der Waals surface area contributed by atoms with Gasteiger partial charge in [0.25, 0.3) is 5.91 Å². The number of guanidine groups is 1. The van der Waals surface area contributed by atoms with Crippen LogP contribution in [0.2, 0.25) is 0 Å². The van der Waals surface area contributed by atoms with Gasteiger partial charge in [-0.2, -0.15) is 0 Å². The molecule has 1 amide bonds. The molecule has 1 aliphatic rings. The number of carbonyl (C=O) groups excluding carboxylic acids is 1. The van der Waals surface area contributed by atoms with Crippen LogP contribution in [0.15, 0.2) is 29.3 Å². The van der Waals surface area contributed by atoms with Crippen LogP contribution in [0, 0.1) is 0 Å². The first-order valence-electron chi connectivity index (χ1n) is 10.0. The largest absolute Gasteiger partial charge is 0.373 e. The zero-order chi connectivity index (χ0) is 19.7. The number of nitrogens with one attached hydrogen (secondary N) is 3. The third-order valence-corrected chi connectivity index (χ3v) is 4.87. The van der Waals surface area contributed by atoms with E-state index in [0.717, 1.165) is 50.5 Å². The van der Waals surface area contributed by atoms with E-state index < -0.39 is 0 Å². The zero-order valence-corrected chi connectivity index (χ0v) is 19.8. The highest BCUT2D eigenvalue weighted by molar-refractivity contribution is 14.0. The molecular weight excluding hydrogens is 467 g/mol. The van der Waals surface area contributed by atoms with Gasteiger partial charge in [0.15, 0.2) is 5.96 Å². The molecule has 1 saturated heterocycles. The second-order valence-corrected chi connectivity index (χ2v) is 7.43. The fourth-order valence-electron chi connectivity index (χ4n) is 2.98. The molecule has 7 heteroatoms. The minimum atomic E-state index is -0.121. The van der Waals surface area contributed by atoms with Gasteiger partial charge in [0.2, 0.25) is 0 Å². The molecule has 2 unspecified atom stereocenters. The molecule has 1 aliphatic heterocycles. The Morgan fingerprint density at radius 2 is 2.11 bits per heavy atom. The van der Waals surface area contributed by atoms with Gasteiger partial charge in [-0.1, -0.05) is 19.1 Å². The molecular formula is C21H35IN4O2. The molecule has 0 bridgehead atoms. The van der Waals surface area contributed by atoms with Crippen molar-refractivity contribution in [3.8, 4) is 0 Å². The first-order valence-corrected chi connectivity index (χ1v) is 10.0. The van der Waals surface area contributed by atoms with Gasteiger partial charge in [-0.05, 0) is 57.7 Å². The average molecular weight is 502 g/mol. The van der Waals surface area contributed by atoms with Gasteiger partial charge < -0.3 is 20.7 Å². The van der Waals surface area contributed by atoms with Crippen molar-refractivity contribution in [3.63, 3.8) is 0 Å². The van der Waals surface area contributed by atoms with Crippen molar-refractivity contribution in [3.05, 3.63) is 35.4 Å². The summed E-state index contributed by atoms with van der Waals surface area (Å²) < 4.78 is 5.82. The van der Waals surface area contributed by atoms with Crippen LogP contribution in [-0.2, 0) is 11.3 Å². The minimum absolute atomic E-state index is 0. The maximum Gasteiger partial charge on any atom is 0.251 e. The van der Waals surface area contributed by atoms with Crippen LogP contribution >= 0.6 is 24.0 Å². The highest BCUT2D eigenvalue weighted by Gasteiger charge is 2.29. The van der Waals surface area contributed by atoms with Crippen LogP contribution < -0.4 is 16.0 Å². The molecule has 28 heavy (non-hydrogen) atoms. The summed E-state index contributed by atoms with van der Waals surface area (Å²) >= 11 is 0. The van der Waals surface area contributed by atoms with Crippen LogP contribution in [0.1, 0.15) is 62.9 Å². The molecule has 1 aromatic rings. The van der Waals surface area contributed by atoms with Gasteiger partial charge in [-0.25, -0.2) is 4.99 Å². The van der Waals surface area contributed by atoms with E-state index >= 15 is 0 Å². The Hall–Kier alpha value is -1.35. The van der Waals surface area contributed by atoms with E-state index in [0.29, 0.717) is 12.1 Å². The standard InChI is InChI=1S/C21H34N4O2.HI/c1-5-16(3)25-19(26)18-10-7-9-17(13-18)14-23-20(22-6-2)24-15-21(4)11-8-12-27-21;/h7,9-10,13,16H,5-6,8,11-12,14-15H2,1-4H3,(H,25,26)(H2,22,23,24);1H. The highest BCUT2D eigenvalue weighted by Crippen LogP contribution is 2.23. The summed E-state index contributed by atoms with van der Waals surface area (Å²) in [7, 11) is 0. The molecule has 2 atom stereocenters. The summed E-state index contributed by atoms with van der Waals surface area (Å²) in [5.41, 5.74) is 1.56. The number of amides is 1. The molecule has 3 N–H and O–H groups in total. The van der Waals surface area contributed by atoms with Crippen molar-refractivity contribution in [2.75, 3.05) is 19.7 Å². The first kappa shape index (κ1) is 24.7. The molecule has 0 radical (unpaired) electrons. The number of ether oxygens (including phenoxy) is 1. The number of benzene rings is 1. The van der Waals surface area contributed by atoms with Gasteiger partial charge in [0, 0.05) is 31.3 Å². The second kappa shape index (κ2) is 12.3. The Bertz CT molecular complexity index is 645. The lowest BCUT2D eigenvalue weighted by atomic mass is 10.0. The van der Waals surface area contributed by atoms with Crippen LogP contribution in [0.5, 0.6) is 0 Å². The van der Waals surface area contributed by atoms with Gasteiger partial charge >= 0.3 is 0 Å². The minimum Gasteiger partial charge on any atom is -0.373 e. The van der Waals surface area contributed by atoms with E-state index in [4.69, 9.17) is 4.74 Å². The number of halogens is 1. The third-order valence-electron chi connectivity index (χ3n) is 4.87. The third kappa shape index (κ3) is 7.95. The van der Waals surface area contributed by atoms with Crippen molar-refractivity contribution in [2.45, 2.75) is 65.1 Å². The fraction of sp³-hybridized carbons (Fsp3) is 0.619. The van der Waals surface area contributed by atoms with Crippen molar-refractivity contribution >= 4 is 35.8 Å². The summed E-state index contributed by atoms with van der Waals surface area (Å²) in [6.45, 7) is 11.1. The Kier molecular flexibility index (Phi) is 10.8. The predicted molar refractivity (Wildman–Crippen MR) is 125 cm³/mol. The van der Waals surface area contributed by atoms with Crippen molar-refractivity contribution < 1.29 is 9.53 Å². The van der Waals surface area contributed by atoms with Crippen LogP contribution in [0.3, 0.4) is 0 Å².